The predicted molar refractivity (Wildman–Crippen MR) is 91.3 cm³/mol. The van der Waals surface area contributed by atoms with Crippen molar-refractivity contribution in [2.45, 2.75) is 13.8 Å². The molecule has 0 spiro atoms. The first-order chi connectivity index (χ1) is 10.7. The molecule has 1 rings (SSSR count). The molecule has 0 unspecified atom stereocenters. The first-order valence-corrected chi connectivity index (χ1v) is 8.73. The van der Waals surface area contributed by atoms with Gasteiger partial charge < -0.3 is 20.5 Å². The molecule has 0 aliphatic carbocycles. The molecule has 6 nitrogen and oxygen atoms in total. The third kappa shape index (κ3) is 10.5. The summed E-state index contributed by atoms with van der Waals surface area (Å²) in [5, 5.41) is 3.39. The minimum Gasteiger partial charge on any atom is -0.379 e. The summed E-state index contributed by atoms with van der Waals surface area (Å²) in [5.41, 5.74) is 5.40. The lowest BCUT2D eigenvalue weighted by atomic mass is 10.2. The molecular weight excluding hydrogens is 280 g/mol. The van der Waals surface area contributed by atoms with E-state index >= 15 is 0 Å². The van der Waals surface area contributed by atoms with Crippen LogP contribution in [0.3, 0.4) is 0 Å². The highest BCUT2D eigenvalue weighted by Crippen LogP contribution is 2.01. The lowest BCUT2D eigenvalue weighted by Crippen LogP contribution is -2.48. The van der Waals surface area contributed by atoms with Crippen LogP contribution in [0.5, 0.6) is 0 Å². The Morgan fingerprint density at radius 2 is 1.45 bits per heavy atom. The van der Waals surface area contributed by atoms with Crippen LogP contribution >= 0.6 is 0 Å². The molecule has 1 saturated heterocycles. The zero-order chi connectivity index (χ0) is 16.0. The van der Waals surface area contributed by atoms with Gasteiger partial charge in [0.25, 0.3) is 0 Å². The van der Waals surface area contributed by atoms with E-state index in [9.17, 15) is 0 Å². The van der Waals surface area contributed by atoms with Crippen LogP contribution in [0.1, 0.15) is 13.8 Å². The van der Waals surface area contributed by atoms with Crippen LogP contribution in [-0.2, 0) is 9.47 Å². The van der Waals surface area contributed by atoms with Crippen LogP contribution in [0.4, 0.5) is 0 Å². The van der Waals surface area contributed by atoms with E-state index in [1.54, 1.807) is 0 Å². The Morgan fingerprint density at radius 3 is 1.95 bits per heavy atom. The molecule has 0 saturated carbocycles. The Morgan fingerprint density at radius 1 is 0.909 bits per heavy atom. The number of hydrogen-bond donors (Lipinski definition) is 2. The van der Waals surface area contributed by atoms with Gasteiger partial charge in [0.1, 0.15) is 0 Å². The lowest BCUT2D eigenvalue weighted by molar-refractivity contribution is 0.0587. The second kappa shape index (κ2) is 13.2. The highest BCUT2D eigenvalue weighted by molar-refractivity contribution is 4.71. The number of ether oxygens (including phenoxy) is 2. The van der Waals surface area contributed by atoms with Gasteiger partial charge in [0.2, 0.25) is 0 Å². The van der Waals surface area contributed by atoms with Gasteiger partial charge >= 0.3 is 0 Å². The second-order valence-corrected chi connectivity index (χ2v) is 6.29. The summed E-state index contributed by atoms with van der Waals surface area (Å²) in [4.78, 5) is 4.95. The van der Waals surface area contributed by atoms with Gasteiger partial charge in [0.05, 0.1) is 26.4 Å². The van der Waals surface area contributed by atoms with Crippen molar-refractivity contribution in [3.63, 3.8) is 0 Å². The van der Waals surface area contributed by atoms with E-state index < -0.39 is 0 Å². The van der Waals surface area contributed by atoms with E-state index in [-0.39, 0.29) is 0 Å². The summed E-state index contributed by atoms with van der Waals surface area (Å²) in [6, 6.07) is 0. The molecule has 0 atom stereocenters. The minimum atomic E-state index is 0.612. The molecule has 0 aromatic carbocycles. The molecule has 0 aromatic heterocycles. The van der Waals surface area contributed by atoms with Gasteiger partial charge in [-0.05, 0) is 12.5 Å². The summed E-state index contributed by atoms with van der Waals surface area (Å²) in [6.07, 6.45) is 0. The molecular formula is C16H36N4O2. The number of piperazine rings is 1. The Hall–Kier alpha value is -0.240. The van der Waals surface area contributed by atoms with Crippen molar-refractivity contribution in [2.75, 3.05) is 85.3 Å². The predicted octanol–water partition coefficient (Wildman–Crippen LogP) is -0.158. The van der Waals surface area contributed by atoms with E-state index in [2.05, 4.69) is 29.0 Å². The van der Waals surface area contributed by atoms with E-state index in [0.29, 0.717) is 19.1 Å². The number of nitrogens with two attached hydrogens (primary N) is 1. The number of rotatable bonds is 13. The SMILES string of the molecule is CC(C)CNCCOCCN1CCN(CCOCCN)CC1. The Balaban J connectivity index is 1.88. The van der Waals surface area contributed by atoms with Gasteiger partial charge in [0, 0.05) is 52.4 Å². The molecule has 22 heavy (non-hydrogen) atoms. The Kier molecular flexibility index (Phi) is 11.9. The summed E-state index contributed by atoms with van der Waals surface area (Å²) >= 11 is 0. The van der Waals surface area contributed by atoms with E-state index in [0.717, 1.165) is 72.2 Å². The maximum Gasteiger partial charge on any atom is 0.0594 e. The van der Waals surface area contributed by atoms with Crippen molar-refractivity contribution in [3.8, 4) is 0 Å². The fraction of sp³-hybridized carbons (Fsp3) is 1.00. The molecule has 0 bridgehead atoms. The van der Waals surface area contributed by atoms with Crippen LogP contribution in [0.25, 0.3) is 0 Å². The molecule has 0 aromatic rings. The van der Waals surface area contributed by atoms with Gasteiger partial charge in [-0.2, -0.15) is 0 Å². The Bertz CT molecular complexity index is 246. The number of nitrogens with zero attached hydrogens (tertiary/aromatic N) is 2. The Labute approximate surface area is 136 Å². The molecule has 1 aliphatic heterocycles. The summed E-state index contributed by atoms with van der Waals surface area (Å²) in [5.74, 6) is 0.706. The molecule has 1 heterocycles. The number of nitrogens with one attached hydrogen (secondary N) is 1. The van der Waals surface area contributed by atoms with Crippen LogP contribution in [-0.4, -0.2) is 95.1 Å². The third-order valence-corrected chi connectivity index (χ3v) is 3.81. The average molecular weight is 316 g/mol. The van der Waals surface area contributed by atoms with E-state index in [1.165, 1.54) is 0 Å². The summed E-state index contributed by atoms with van der Waals surface area (Å²) in [6.45, 7) is 16.8. The lowest BCUT2D eigenvalue weighted by Gasteiger charge is -2.34. The van der Waals surface area contributed by atoms with Crippen molar-refractivity contribution < 1.29 is 9.47 Å². The maximum absolute atomic E-state index is 5.69. The van der Waals surface area contributed by atoms with Crippen molar-refractivity contribution in [1.82, 2.24) is 15.1 Å². The molecule has 6 heteroatoms. The fourth-order valence-electron chi connectivity index (χ4n) is 2.45. The monoisotopic (exact) mass is 316 g/mol. The van der Waals surface area contributed by atoms with E-state index in [1.807, 2.05) is 0 Å². The molecule has 3 N–H and O–H groups in total. The maximum atomic E-state index is 5.69. The minimum absolute atomic E-state index is 0.612. The topological polar surface area (TPSA) is 63.0 Å². The van der Waals surface area contributed by atoms with Gasteiger partial charge in [-0.3, -0.25) is 9.80 Å². The van der Waals surface area contributed by atoms with Crippen LogP contribution in [0.2, 0.25) is 0 Å². The van der Waals surface area contributed by atoms with Gasteiger partial charge in [-0.1, -0.05) is 13.8 Å². The zero-order valence-corrected chi connectivity index (χ0v) is 14.6. The molecule has 132 valence electrons. The zero-order valence-electron chi connectivity index (χ0n) is 14.6. The molecule has 1 aliphatic rings. The summed E-state index contributed by atoms with van der Waals surface area (Å²) < 4.78 is 11.1. The normalized spacial score (nSPS) is 17.5. The fourth-order valence-corrected chi connectivity index (χ4v) is 2.45. The van der Waals surface area contributed by atoms with Crippen molar-refractivity contribution in [3.05, 3.63) is 0 Å². The quantitative estimate of drug-likeness (QED) is 0.461. The van der Waals surface area contributed by atoms with Gasteiger partial charge in [-0.25, -0.2) is 0 Å². The van der Waals surface area contributed by atoms with Gasteiger partial charge in [-0.15, -0.1) is 0 Å². The first kappa shape index (κ1) is 19.8. The largest absolute Gasteiger partial charge is 0.379 e. The second-order valence-electron chi connectivity index (χ2n) is 6.29. The van der Waals surface area contributed by atoms with Crippen molar-refractivity contribution in [2.24, 2.45) is 11.7 Å². The number of hydrogen-bond acceptors (Lipinski definition) is 6. The third-order valence-electron chi connectivity index (χ3n) is 3.81. The highest BCUT2D eigenvalue weighted by Gasteiger charge is 2.15. The first-order valence-electron chi connectivity index (χ1n) is 8.73. The van der Waals surface area contributed by atoms with Crippen molar-refractivity contribution in [1.29, 1.82) is 0 Å². The van der Waals surface area contributed by atoms with Gasteiger partial charge in [0.15, 0.2) is 0 Å². The molecule has 0 radical (unpaired) electrons. The van der Waals surface area contributed by atoms with Crippen molar-refractivity contribution >= 4 is 0 Å². The van der Waals surface area contributed by atoms with Crippen LogP contribution < -0.4 is 11.1 Å². The van der Waals surface area contributed by atoms with E-state index in [4.69, 9.17) is 15.2 Å². The standard InChI is InChI=1S/C16H36N4O2/c1-16(2)15-18-4-12-22-14-10-20-7-5-19(6-8-20)9-13-21-11-3-17/h16,18H,3-15,17H2,1-2H3. The van der Waals surface area contributed by atoms with Crippen LogP contribution in [0, 0.1) is 5.92 Å². The molecule has 1 fully saturated rings. The van der Waals surface area contributed by atoms with Crippen LogP contribution in [0.15, 0.2) is 0 Å². The summed E-state index contributed by atoms with van der Waals surface area (Å²) in [7, 11) is 0. The smallest absolute Gasteiger partial charge is 0.0594 e. The average Bonchev–Trinajstić information content (AvgIpc) is 2.51. The highest BCUT2D eigenvalue weighted by atomic mass is 16.5. The molecule has 0 amide bonds.